The van der Waals surface area contributed by atoms with Crippen molar-refractivity contribution >= 4 is 5.91 Å². The van der Waals surface area contributed by atoms with Gasteiger partial charge in [0.25, 0.3) is 0 Å². The van der Waals surface area contributed by atoms with Crippen LogP contribution in [-0.2, 0) is 4.79 Å². The number of rotatable bonds is 3. The molecule has 0 heterocycles. The van der Waals surface area contributed by atoms with Crippen LogP contribution in [0.3, 0.4) is 0 Å². The summed E-state index contributed by atoms with van der Waals surface area (Å²) in [5.41, 5.74) is 0.986. The summed E-state index contributed by atoms with van der Waals surface area (Å²) in [4.78, 5) is 11.7. The molecule has 0 saturated heterocycles. The third kappa shape index (κ3) is 3.44. The Morgan fingerprint density at radius 2 is 1.59 bits per heavy atom. The van der Waals surface area contributed by atoms with Gasteiger partial charge in [-0.1, -0.05) is 14.4 Å². The van der Waals surface area contributed by atoms with Crippen molar-refractivity contribution in [1.29, 1.82) is 0 Å². The van der Waals surface area contributed by atoms with Gasteiger partial charge in [-0.2, -0.15) is 0 Å². The minimum Gasteiger partial charge on any atom is -0.356 e. The zero-order valence-electron chi connectivity index (χ0n) is 10.8. The molecule has 0 spiro atoms. The summed E-state index contributed by atoms with van der Waals surface area (Å²) in [6.45, 7) is 5.18. The second kappa shape index (κ2) is 5.85. The highest BCUT2D eigenvalue weighted by Gasteiger charge is 2.46. The van der Waals surface area contributed by atoms with Crippen LogP contribution in [0.25, 0.3) is 0 Å². The molecule has 3 nitrogen and oxygen atoms in total. The fourth-order valence-electron chi connectivity index (χ4n) is 3.32. The van der Waals surface area contributed by atoms with Gasteiger partial charge < -0.3 is 11.5 Å². The summed E-state index contributed by atoms with van der Waals surface area (Å²) >= 11 is 0. The van der Waals surface area contributed by atoms with Crippen molar-refractivity contribution in [2.45, 2.75) is 66.2 Å². The van der Waals surface area contributed by atoms with Gasteiger partial charge in [-0.05, 0) is 56.3 Å². The van der Waals surface area contributed by atoms with E-state index in [4.69, 9.17) is 0 Å². The van der Waals surface area contributed by atoms with E-state index >= 15 is 0 Å². The summed E-state index contributed by atoms with van der Waals surface area (Å²) < 4.78 is 0. The van der Waals surface area contributed by atoms with Gasteiger partial charge in [0.2, 0.25) is 5.91 Å². The van der Waals surface area contributed by atoms with Crippen LogP contribution in [0.2, 0.25) is 0 Å². The van der Waals surface area contributed by atoms with Crippen molar-refractivity contribution in [3.05, 3.63) is 0 Å². The number of carbonyl (C=O) groups is 1. The molecule has 2 bridgehead atoms. The fourth-order valence-corrected chi connectivity index (χ4v) is 3.32. The highest BCUT2D eigenvalue weighted by atomic mass is 16.1. The lowest BCUT2D eigenvalue weighted by Crippen LogP contribution is -2.42. The van der Waals surface area contributed by atoms with E-state index in [-0.39, 0.29) is 19.5 Å². The van der Waals surface area contributed by atoms with Gasteiger partial charge in [0.15, 0.2) is 0 Å². The maximum absolute atomic E-state index is 11.7. The zero-order chi connectivity index (χ0) is 10.9. The Hall–Kier alpha value is -0.570. The van der Waals surface area contributed by atoms with Crippen molar-refractivity contribution < 1.29 is 4.79 Å². The van der Waals surface area contributed by atoms with E-state index in [1.807, 2.05) is 6.92 Å². The first-order valence-corrected chi connectivity index (χ1v) is 6.34. The van der Waals surface area contributed by atoms with Gasteiger partial charge in [-0.15, -0.1) is 0 Å². The topological polar surface area (TPSA) is 64.1 Å². The van der Waals surface area contributed by atoms with Gasteiger partial charge in [0.1, 0.15) is 0 Å². The molecule has 102 valence electrons. The van der Waals surface area contributed by atoms with E-state index in [9.17, 15) is 4.79 Å². The molecule has 0 aromatic rings. The molecular weight excluding hydrogens is 212 g/mol. The Morgan fingerprint density at radius 3 is 2.00 bits per heavy atom. The normalized spacial score (nSPS) is 34.5. The second-order valence-electron chi connectivity index (χ2n) is 5.94. The first-order chi connectivity index (χ1) is 7.08. The van der Waals surface area contributed by atoms with E-state index in [1.54, 1.807) is 0 Å². The maximum atomic E-state index is 11.7. The molecule has 4 N–H and O–H groups in total. The Labute approximate surface area is 106 Å². The van der Waals surface area contributed by atoms with Gasteiger partial charge in [0.05, 0.1) is 0 Å². The zero-order valence-corrected chi connectivity index (χ0v) is 10.8. The minimum atomic E-state index is 0. The molecule has 0 aliphatic heterocycles. The van der Waals surface area contributed by atoms with Crippen molar-refractivity contribution in [2.75, 3.05) is 6.54 Å². The Balaban J connectivity index is 0.00000128. The van der Waals surface area contributed by atoms with Gasteiger partial charge in [-0.25, -0.2) is 0 Å². The molecule has 0 unspecified atom stereocenters. The SMILES string of the molecule is C.CCNC(=O)CC12CCC(C)(CC1)CC2.N. The van der Waals surface area contributed by atoms with Gasteiger partial charge in [-0.3, -0.25) is 4.79 Å². The molecule has 0 aromatic carbocycles. The van der Waals surface area contributed by atoms with E-state index in [1.165, 1.54) is 38.5 Å². The number of hydrogen-bond acceptors (Lipinski definition) is 2. The third-order valence-corrected chi connectivity index (χ3v) is 4.69. The van der Waals surface area contributed by atoms with Crippen LogP contribution in [0.5, 0.6) is 0 Å². The second-order valence-corrected chi connectivity index (χ2v) is 5.94. The minimum absolute atomic E-state index is 0. The molecule has 3 aliphatic rings. The van der Waals surface area contributed by atoms with E-state index in [0.717, 1.165) is 13.0 Å². The number of hydrogen-bond donors (Lipinski definition) is 2. The lowest BCUT2D eigenvalue weighted by atomic mass is 9.53. The summed E-state index contributed by atoms with van der Waals surface area (Å²) in [6.07, 6.45) is 8.63. The summed E-state index contributed by atoms with van der Waals surface area (Å²) in [5.74, 6) is 0.267. The van der Waals surface area contributed by atoms with Crippen LogP contribution in [-0.4, -0.2) is 12.5 Å². The molecule has 3 heteroatoms. The van der Waals surface area contributed by atoms with E-state index < -0.39 is 0 Å². The molecular formula is C14H30N2O. The quantitative estimate of drug-likeness (QED) is 0.793. The van der Waals surface area contributed by atoms with Crippen LogP contribution in [0.15, 0.2) is 0 Å². The Kier molecular flexibility index (Phi) is 5.66. The van der Waals surface area contributed by atoms with Gasteiger partial charge >= 0.3 is 0 Å². The third-order valence-electron chi connectivity index (χ3n) is 4.69. The largest absolute Gasteiger partial charge is 0.356 e. The first-order valence-electron chi connectivity index (χ1n) is 6.34. The summed E-state index contributed by atoms with van der Waals surface area (Å²) in [7, 11) is 0. The van der Waals surface area contributed by atoms with E-state index in [0.29, 0.717) is 10.8 Å². The standard InChI is InChI=1S/C13H23NO.CH4.H3N/c1-3-14-11(15)10-13-7-4-12(2,5-8-13)6-9-13;;/h3-10H2,1-2H3,(H,14,15);1H4;1H3. The molecule has 0 aromatic heterocycles. The highest BCUT2D eigenvalue weighted by molar-refractivity contribution is 5.76. The summed E-state index contributed by atoms with van der Waals surface area (Å²) in [6, 6.07) is 0. The average Bonchev–Trinajstić information content (AvgIpc) is 2.21. The van der Waals surface area contributed by atoms with Crippen molar-refractivity contribution in [1.82, 2.24) is 11.5 Å². The molecule has 3 fully saturated rings. The van der Waals surface area contributed by atoms with Crippen molar-refractivity contribution in [3.63, 3.8) is 0 Å². The lowest BCUT2D eigenvalue weighted by Gasteiger charge is -2.52. The molecule has 0 radical (unpaired) electrons. The molecule has 3 aliphatic carbocycles. The average molecular weight is 242 g/mol. The Bertz CT molecular complexity index is 238. The number of amides is 1. The van der Waals surface area contributed by atoms with Crippen molar-refractivity contribution in [2.24, 2.45) is 10.8 Å². The molecule has 17 heavy (non-hydrogen) atoms. The van der Waals surface area contributed by atoms with Crippen LogP contribution >= 0.6 is 0 Å². The highest BCUT2D eigenvalue weighted by Crippen LogP contribution is 2.57. The smallest absolute Gasteiger partial charge is 0.220 e. The van der Waals surface area contributed by atoms with Crippen molar-refractivity contribution in [3.8, 4) is 0 Å². The number of fused-ring (bicyclic) bond motifs is 3. The number of nitrogens with one attached hydrogen (secondary N) is 1. The molecule has 1 amide bonds. The molecule has 3 rings (SSSR count). The van der Waals surface area contributed by atoms with Gasteiger partial charge in [0, 0.05) is 13.0 Å². The summed E-state index contributed by atoms with van der Waals surface area (Å²) in [5, 5.41) is 2.94. The lowest BCUT2D eigenvalue weighted by molar-refractivity contribution is -0.126. The van der Waals surface area contributed by atoms with Crippen LogP contribution < -0.4 is 11.5 Å². The molecule has 0 atom stereocenters. The molecule has 3 saturated carbocycles. The maximum Gasteiger partial charge on any atom is 0.220 e. The predicted molar refractivity (Wildman–Crippen MR) is 73.3 cm³/mol. The number of carbonyl (C=O) groups excluding carboxylic acids is 1. The Morgan fingerprint density at radius 1 is 1.12 bits per heavy atom. The predicted octanol–water partition coefficient (Wildman–Crippen LogP) is 3.67. The fraction of sp³-hybridized carbons (Fsp3) is 0.929. The van der Waals surface area contributed by atoms with Crippen LogP contribution in [0, 0.1) is 10.8 Å². The van der Waals surface area contributed by atoms with Crippen LogP contribution in [0.4, 0.5) is 0 Å². The van der Waals surface area contributed by atoms with E-state index in [2.05, 4.69) is 12.2 Å². The van der Waals surface area contributed by atoms with Crippen LogP contribution in [0.1, 0.15) is 66.2 Å². The first kappa shape index (κ1) is 16.4. The monoisotopic (exact) mass is 242 g/mol.